The molecule has 0 saturated carbocycles. The Labute approximate surface area is 229 Å². The van der Waals surface area contributed by atoms with E-state index in [0.717, 1.165) is 45.6 Å². The maximum atomic E-state index is 12.7. The minimum Gasteiger partial charge on any atom is -0.506 e. The lowest BCUT2D eigenvalue weighted by Crippen LogP contribution is -2.48. The molecule has 4 aromatic rings. The van der Waals surface area contributed by atoms with Crippen molar-refractivity contribution in [2.24, 2.45) is 0 Å². The number of piperazine rings is 1. The molecule has 0 spiro atoms. The van der Waals surface area contributed by atoms with Gasteiger partial charge >= 0.3 is 0 Å². The third-order valence-corrected chi connectivity index (χ3v) is 7.42. The van der Waals surface area contributed by atoms with Crippen molar-refractivity contribution in [3.8, 4) is 11.8 Å². The van der Waals surface area contributed by atoms with E-state index in [1.165, 1.54) is 17.3 Å². The Morgan fingerprint density at radius 3 is 2.23 bits per heavy atom. The molecule has 3 aromatic carbocycles. The summed E-state index contributed by atoms with van der Waals surface area (Å²) in [6.07, 6.45) is 3.18. The molecule has 2 N–H and O–H groups in total. The van der Waals surface area contributed by atoms with E-state index >= 15 is 0 Å². The molecule has 1 fully saturated rings. The van der Waals surface area contributed by atoms with E-state index in [1.54, 1.807) is 18.2 Å². The van der Waals surface area contributed by atoms with Gasteiger partial charge in [-0.15, -0.1) is 0 Å². The molecule has 7 heteroatoms. The lowest BCUT2D eigenvalue weighted by molar-refractivity contribution is 0.0946. The van der Waals surface area contributed by atoms with Crippen molar-refractivity contribution in [2.75, 3.05) is 39.3 Å². The van der Waals surface area contributed by atoms with Crippen LogP contribution in [0.15, 0.2) is 85.1 Å². The normalized spacial score (nSPS) is 14.4. The molecule has 0 atom stereocenters. The molecule has 0 bridgehead atoms. The fourth-order valence-electron chi connectivity index (χ4n) is 5.37. The Morgan fingerprint density at radius 1 is 0.923 bits per heavy atom. The average molecular weight is 520 g/mol. The number of carbonyl (C=O) groups excluding carboxylic acids is 1. The first kappa shape index (κ1) is 26.4. The van der Waals surface area contributed by atoms with Gasteiger partial charge in [0.2, 0.25) is 0 Å². The molecule has 1 aromatic heterocycles. The number of benzene rings is 3. The van der Waals surface area contributed by atoms with Gasteiger partial charge in [-0.25, -0.2) is 0 Å². The van der Waals surface area contributed by atoms with Crippen LogP contribution in [0.5, 0.6) is 5.75 Å². The Kier molecular flexibility index (Phi) is 8.47. The first-order valence-corrected chi connectivity index (χ1v) is 13.5. The second-order valence-electron chi connectivity index (χ2n) is 9.90. The number of aromatic nitrogens is 1. The number of hydrogen-bond acceptors (Lipinski definition) is 6. The predicted octanol–water partition coefficient (Wildman–Crippen LogP) is 4.73. The van der Waals surface area contributed by atoms with Gasteiger partial charge in [0.1, 0.15) is 11.3 Å². The average Bonchev–Trinajstić information content (AvgIpc) is 2.99. The number of unbranched alkanes of at least 4 members (excludes halogenated alkanes) is 1. The van der Waals surface area contributed by atoms with E-state index in [1.807, 2.05) is 0 Å². The summed E-state index contributed by atoms with van der Waals surface area (Å²) in [6.45, 7) is 5.54. The smallest absolute Gasteiger partial charge is 0.256 e. The van der Waals surface area contributed by atoms with Crippen LogP contribution in [0, 0.1) is 11.3 Å². The van der Waals surface area contributed by atoms with Gasteiger partial charge in [0.25, 0.3) is 5.91 Å². The summed E-state index contributed by atoms with van der Waals surface area (Å²) in [5.41, 5.74) is 3.52. The summed E-state index contributed by atoms with van der Waals surface area (Å²) in [4.78, 5) is 22.0. The van der Waals surface area contributed by atoms with Crippen molar-refractivity contribution in [3.05, 3.63) is 107 Å². The minimum absolute atomic E-state index is 0.0905. The van der Waals surface area contributed by atoms with Gasteiger partial charge in [-0.05, 0) is 42.6 Å². The molecule has 0 aliphatic carbocycles. The molecule has 0 unspecified atom stereocenters. The fraction of sp³-hybridized carbons (Fsp3) is 0.281. The highest BCUT2D eigenvalue weighted by atomic mass is 16.3. The Hall–Kier alpha value is -4.25. The van der Waals surface area contributed by atoms with E-state index in [2.05, 4.69) is 86.8 Å². The second-order valence-corrected chi connectivity index (χ2v) is 9.90. The summed E-state index contributed by atoms with van der Waals surface area (Å²) in [7, 11) is 0. The summed E-state index contributed by atoms with van der Waals surface area (Å²) < 4.78 is 0. The Morgan fingerprint density at radius 2 is 1.59 bits per heavy atom. The maximum absolute atomic E-state index is 12.7. The molecule has 0 radical (unpaired) electrons. The van der Waals surface area contributed by atoms with Crippen LogP contribution in [0.25, 0.3) is 10.9 Å². The summed E-state index contributed by atoms with van der Waals surface area (Å²) in [5, 5.41) is 23.2. The number of nitrogens with zero attached hydrogens (tertiary/aromatic N) is 4. The first-order valence-electron chi connectivity index (χ1n) is 13.5. The van der Waals surface area contributed by atoms with Crippen LogP contribution in [-0.4, -0.2) is 65.1 Å². The highest BCUT2D eigenvalue weighted by Crippen LogP contribution is 2.30. The molecule has 198 valence electrons. The molecule has 2 heterocycles. The van der Waals surface area contributed by atoms with Crippen LogP contribution in [-0.2, 0) is 0 Å². The zero-order valence-corrected chi connectivity index (χ0v) is 22.0. The van der Waals surface area contributed by atoms with E-state index in [4.69, 9.17) is 0 Å². The van der Waals surface area contributed by atoms with Crippen molar-refractivity contribution in [2.45, 2.75) is 18.9 Å². The quantitative estimate of drug-likeness (QED) is 0.311. The molecular weight excluding hydrogens is 486 g/mol. The Bertz CT molecular complexity index is 1400. The highest BCUT2D eigenvalue weighted by Gasteiger charge is 2.26. The maximum Gasteiger partial charge on any atom is 0.256 e. The monoisotopic (exact) mass is 519 g/mol. The van der Waals surface area contributed by atoms with E-state index in [0.29, 0.717) is 23.0 Å². The lowest BCUT2D eigenvalue weighted by Gasteiger charge is -2.39. The fourth-order valence-corrected chi connectivity index (χ4v) is 5.37. The summed E-state index contributed by atoms with van der Waals surface area (Å²) in [6, 6.07) is 28.8. The molecule has 5 rings (SSSR count). The van der Waals surface area contributed by atoms with Crippen molar-refractivity contribution in [3.63, 3.8) is 0 Å². The van der Waals surface area contributed by atoms with Gasteiger partial charge < -0.3 is 15.3 Å². The van der Waals surface area contributed by atoms with Gasteiger partial charge in [-0.1, -0.05) is 66.7 Å². The number of fused-ring (bicyclic) bond motifs is 1. The molecular formula is C32H33N5O2. The number of amides is 1. The van der Waals surface area contributed by atoms with Crippen LogP contribution in [0.2, 0.25) is 0 Å². The van der Waals surface area contributed by atoms with E-state index < -0.39 is 0 Å². The van der Waals surface area contributed by atoms with Gasteiger partial charge in [0.15, 0.2) is 0 Å². The van der Waals surface area contributed by atoms with E-state index in [9.17, 15) is 15.2 Å². The predicted molar refractivity (Wildman–Crippen MR) is 152 cm³/mol. The van der Waals surface area contributed by atoms with Crippen molar-refractivity contribution >= 4 is 16.8 Å². The van der Waals surface area contributed by atoms with Gasteiger partial charge in [-0.3, -0.25) is 14.7 Å². The number of pyridine rings is 1. The third-order valence-electron chi connectivity index (χ3n) is 7.42. The number of rotatable bonds is 9. The van der Waals surface area contributed by atoms with Crippen LogP contribution in [0.3, 0.4) is 0 Å². The number of hydrogen-bond donors (Lipinski definition) is 2. The van der Waals surface area contributed by atoms with Crippen molar-refractivity contribution < 1.29 is 9.90 Å². The van der Waals surface area contributed by atoms with Crippen LogP contribution in [0.1, 0.15) is 45.9 Å². The SMILES string of the molecule is N#Cc1cccc2ncc(C(=O)NCCCCN3CCN(C(c4ccccc4)c4ccccc4)CC3)c(O)c12. The first-order chi connectivity index (χ1) is 19.2. The summed E-state index contributed by atoms with van der Waals surface area (Å²) in [5.74, 6) is -0.576. The molecule has 39 heavy (non-hydrogen) atoms. The molecule has 1 amide bonds. The molecule has 1 saturated heterocycles. The van der Waals surface area contributed by atoms with E-state index in [-0.39, 0.29) is 23.3 Å². The number of nitrogens with one attached hydrogen (secondary N) is 1. The molecule has 1 aliphatic rings. The molecule has 7 nitrogen and oxygen atoms in total. The topological polar surface area (TPSA) is 92.5 Å². The van der Waals surface area contributed by atoms with Gasteiger partial charge in [0.05, 0.1) is 28.6 Å². The van der Waals surface area contributed by atoms with Crippen LogP contribution < -0.4 is 5.32 Å². The summed E-state index contributed by atoms with van der Waals surface area (Å²) >= 11 is 0. The molecule has 1 aliphatic heterocycles. The van der Waals surface area contributed by atoms with Gasteiger partial charge in [0, 0.05) is 38.9 Å². The largest absolute Gasteiger partial charge is 0.506 e. The lowest BCUT2D eigenvalue weighted by atomic mass is 9.96. The van der Waals surface area contributed by atoms with Gasteiger partial charge in [-0.2, -0.15) is 5.26 Å². The third kappa shape index (κ3) is 6.09. The van der Waals surface area contributed by atoms with Crippen LogP contribution >= 0.6 is 0 Å². The number of aromatic hydroxyl groups is 1. The van der Waals surface area contributed by atoms with Crippen molar-refractivity contribution in [1.82, 2.24) is 20.1 Å². The second kappa shape index (κ2) is 12.5. The zero-order valence-electron chi connectivity index (χ0n) is 22.0. The highest BCUT2D eigenvalue weighted by molar-refractivity contribution is 6.03. The van der Waals surface area contributed by atoms with Crippen LogP contribution in [0.4, 0.5) is 0 Å². The van der Waals surface area contributed by atoms with Crippen molar-refractivity contribution in [1.29, 1.82) is 5.26 Å². The zero-order chi connectivity index (χ0) is 27.0. The Balaban J connectivity index is 1.09. The number of nitriles is 1. The standard InChI is InChI=1S/C32H33N5O2/c33-22-26-14-9-15-28-29(26)31(38)27(23-35-28)32(39)34-16-7-8-17-36-18-20-37(21-19-36)30(24-10-3-1-4-11-24)25-12-5-2-6-13-25/h1-6,9-15,23,30H,7-8,16-21H2,(H,34,39)(H,35,38). The number of carbonyl (C=O) groups is 1. The minimum atomic E-state index is -0.379.